The second-order valence-corrected chi connectivity index (χ2v) is 12.2. The molecular formula is C34H33F3N6O5. The Morgan fingerprint density at radius 2 is 1.75 bits per heavy atom. The number of fused-ring (bicyclic) bond motifs is 3. The highest BCUT2D eigenvalue weighted by atomic mass is 19.4. The van der Waals surface area contributed by atoms with Gasteiger partial charge in [0.15, 0.2) is 0 Å². The summed E-state index contributed by atoms with van der Waals surface area (Å²) in [4.78, 5) is 33.5. The van der Waals surface area contributed by atoms with Crippen LogP contribution in [-0.2, 0) is 28.9 Å². The van der Waals surface area contributed by atoms with E-state index in [1.54, 1.807) is 23.2 Å². The van der Waals surface area contributed by atoms with Crippen LogP contribution in [0.25, 0.3) is 5.69 Å². The summed E-state index contributed by atoms with van der Waals surface area (Å²) in [5.74, 6) is -0.848. The van der Waals surface area contributed by atoms with E-state index in [0.29, 0.717) is 37.6 Å². The van der Waals surface area contributed by atoms with Crippen molar-refractivity contribution in [1.82, 2.24) is 29.7 Å². The second-order valence-electron chi connectivity index (χ2n) is 12.2. The van der Waals surface area contributed by atoms with E-state index in [1.807, 2.05) is 30.3 Å². The number of halogens is 3. The number of carbonyl (C=O) groups is 2. The van der Waals surface area contributed by atoms with Crippen molar-refractivity contribution in [2.24, 2.45) is 0 Å². The zero-order valence-electron chi connectivity index (χ0n) is 25.8. The van der Waals surface area contributed by atoms with E-state index in [4.69, 9.17) is 9.47 Å². The standard InChI is InChI=1S/C34H33F3N6O5/c35-34(36,37)23-6-11-31-29(14-23)32(45)42-19-28(47-20-24-17-43(39-38-24)25-7-9-27(44)10-8-25)15-30(42)33(46)41-13-12-40(18-26(41)21-48-31)16-22-4-2-1-3-5-22/h1-11,14,17,26,28,30,44H,12-13,15-16,18-21H2/t26-,28+,30-/m0/s1. The van der Waals surface area contributed by atoms with Gasteiger partial charge in [-0.2, -0.15) is 13.2 Å². The number of ether oxygens (including phenoxy) is 2. The van der Waals surface area contributed by atoms with Crippen molar-refractivity contribution in [3.8, 4) is 17.2 Å². The van der Waals surface area contributed by atoms with Crippen LogP contribution in [-0.4, -0.2) is 97.6 Å². The molecule has 2 fully saturated rings. The number of carbonyl (C=O) groups excluding carboxylic acids is 2. The first-order chi connectivity index (χ1) is 23.1. The third-order valence-electron chi connectivity index (χ3n) is 9.00. The predicted octanol–water partition coefficient (Wildman–Crippen LogP) is 3.90. The molecule has 14 heteroatoms. The number of nitrogens with zero attached hydrogens (tertiary/aromatic N) is 6. The minimum Gasteiger partial charge on any atom is -0.508 e. The van der Waals surface area contributed by atoms with Crippen molar-refractivity contribution < 1.29 is 37.3 Å². The van der Waals surface area contributed by atoms with Gasteiger partial charge in [0.25, 0.3) is 5.91 Å². The molecule has 11 nitrogen and oxygen atoms in total. The molecule has 1 N–H and O–H groups in total. The van der Waals surface area contributed by atoms with Crippen molar-refractivity contribution in [1.29, 1.82) is 0 Å². The fourth-order valence-electron chi connectivity index (χ4n) is 6.55. The van der Waals surface area contributed by atoms with E-state index in [-0.39, 0.29) is 49.1 Å². The zero-order chi connectivity index (χ0) is 33.4. The predicted molar refractivity (Wildman–Crippen MR) is 165 cm³/mol. The fraction of sp³-hybridized carbons (Fsp3) is 0.353. The minimum atomic E-state index is -4.67. The molecule has 0 unspecified atom stereocenters. The number of aromatic nitrogens is 3. The molecule has 1 aromatic heterocycles. The Kier molecular flexibility index (Phi) is 8.52. The number of benzene rings is 3. The van der Waals surface area contributed by atoms with Gasteiger partial charge in [-0.1, -0.05) is 35.5 Å². The van der Waals surface area contributed by atoms with Gasteiger partial charge in [0.1, 0.15) is 29.8 Å². The number of rotatable bonds is 6. The number of aromatic hydroxyl groups is 1. The van der Waals surface area contributed by atoms with Crippen LogP contribution in [0, 0.1) is 0 Å². The van der Waals surface area contributed by atoms with E-state index < -0.39 is 35.8 Å². The van der Waals surface area contributed by atoms with Gasteiger partial charge in [-0.25, -0.2) is 4.68 Å². The molecule has 0 aliphatic carbocycles. The SMILES string of the molecule is O=C1[C@@H]2C[C@@H](OCc3cn(-c4ccc(O)cc4)nn3)CN2C(=O)c2cc(C(F)(F)F)ccc2OC[C@@H]2CN(Cc3ccccc3)CCN12. The van der Waals surface area contributed by atoms with Crippen molar-refractivity contribution in [3.05, 3.63) is 101 Å². The number of hydrogen-bond acceptors (Lipinski definition) is 8. The number of hydrogen-bond donors (Lipinski definition) is 1. The lowest BCUT2D eigenvalue weighted by Crippen LogP contribution is -2.61. The molecule has 4 heterocycles. The summed E-state index contributed by atoms with van der Waals surface area (Å²) in [5, 5.41) is 17.8. The largest absolute Gasteiger partial charge is 0.508 e. The van der Waals surface area contributed by atoms with Crippen molar-refractivity contribution in [2.45, 2.75) is 43.9 Å². The summed E-state index contributed by atoms with van der Waals surface area (Å²) >= 11 is 0. The first-order valence-electron chi connectivity index (χ1n) is 15.7. The lowest BCUT2D eigenvalue weighted by atomic mass is 10.0. The molecule has 3 atom stereocenters. The van der Waals surface area contributed by atoms with E-state index in [1.165, 1.54) is 27.8 Å². The van der Waals surface area contributed by atoms with Gasteiger partial charge in [-0.15, -0.1) is 5.10 Å². The quantitative estimate of drug-likeness (QED) is 0.331. The lowest BCUT2D eigenvalue weighted by Gasteiger charge is -2.43. The molecule has 0 spiro atoms. The molecule has 4 aromatic rings. The van der Waals surface area contributed by atoms with Crippen LogP contribution in [0.4, 0.5) is 13.2 Å². The van der Waals surface area contributed by atoms with Crippen LogP contribution >= 0.6 is 0 Å². The molecule has 250 valence electrons. The molecule has 2 amide bonds. The average Bonchev–Trinajstić information content (AvgIpc) is 3.74. The third kappa shape index (κ3) is 6.58. The fourth-order valence-corrected chi connectivity index (χ4v) is 6.55. The van der Waals surface area contributed by atoms with Gasteiger partial charge in [-0.05, 0) is 48.0 Å². The lowest BCUT2D eigenvalue weighted by molar-refractivity contribution is -0.142. The van der Waals surface area contributed by atoms with Gasteiger partial charge in [0.05, 0.1) is 41.8 Å². The van der Waals surface area contributed by atoms with Crippen LogP contribution in [0.5, 0.6) is 11.5 Å². The Balaban J connectivity index is 1.14. The Bertz CT molecular complexity index is 1780. The first kappa shape index (κ1) is 31.6. The van der Waals surface area contributed by atoms with Crippen LogP contribution in [0.15, 0.2) is 79.0 Å². The summed E-state index contributed by atoms with van der Waals surface area (Å²) in [6.45, 7) is 2.23. The van der Waals surface area contributed by atoms with Gasteiger partial charge in [0, 0.05) is 39.1 Å². The maximum absolute atomic E-state index is 14.2. The highest BCUT2D eigenvalue weighted by Gasteiger charge is 2.46. The molecule has 0 radical (unpaired) electrons. The van der Waals surface area contributed by atoms with Crippen LogP contribution in [0.2, 0.25) is 0 Å². The Morgan fingerprint density at radius 1 is 0.958 bits per heavy atom. The normalized spacial score (nSPS) is 21.8. The monoisotopic (exact) mass is 662 g/mol. The zero-order valence-corrected chi connectivity index (χ0v) is 25.8. The molecule has 2 saturated heterocycles. The second kappa shape index (κ2) is 12.9. The van der Waals surface area contributed by atoms with E-state index in [2.05, 4.69) is 15.2 Å². The molecular weight excluding hydrogens is 629 g/mol. The highest BCUT2D eigenvalue weighted by Crippen LogP contribution is 2.36. The summed E-state index contributed by atoms with van der Waals surface area (Å²) in [6.07, 6.45) is -3.42. The summed E-state index contributed by atoms with van der Waals surface area (Å²) in [6, 6.07) is 17.9. The average molecular weight is 663 g/mol. The maximum atomic E-state index is 14.2. The smallest absolute Gasteiger partial charge is 0.416 e. The number of phenols is 1. The summed E-state index contributed by atoms with van der Waals surface area (Å²) in [5.41, 5.74) is 1.08. The third-order valence-corrected chi connectivity index (χ3v) is 9.00. The Hall–Kier alpha value is -4.95. The first-order valence-corrected chi connectivity index (χ1v) is 15.7. The number of phenolic OH excluding ortho intramolecular Hbond substituents is 1. The van der Waals surface area contributed by atoms with E-state index in [9.17, 15) is 27.9 Å². The number of alkyl halides is 3. The molecule has 3 aliphatic heterocycles. The Morgan fingerprint density at radius 3 is 2.52 bits per heavy atom. The van der Waals surface area contributed by atoms with Gasteiger partial charge in [0.2, 0.25) is 5.91 Å². The van der Waals surface area contributed by atoms with Gasteiger partial charge < -0.3 is 24.4 Å². The molecule has 0 saturated carbocycles. The molecule has 0 bridgehead atoms. The van der Waals surface area contributed by atoms with E-state index >= 15 is 0 Å². The minimum absolute atomic E-state index is 0.00430. The molecule has 7 rings (SSSR count). The number of amides is 2. The molecule has 3 aliphatic rings. The Labute approximate surface area is 274 Å². The van der Waals surface area contributed by atoms with Gasteiger partial charge >= 0.3 is 6.18 Å². The number of piperazine rings is 1. The van der Waals surface area contributed by atoms with Crippen molar-refractivity contribution in [2.75, 3.05) is 32.8 Å². The summed E-state index contributed by atoms with van der Waals surface area (Å²) in [7, 11) is 0. The van der Waals surface area contributed by atoms with Crippen molar-refractivity contribution >= 4 is 11.8 Å². The van der Waals surface area contributed by atoms with E-state index in [0.717, 1.165) is 17.7 Å². The summed E-state index contributed by atoms with van der Waals surface area (Å²) < 4.78 is 55.0. The topological polar surface area (TPSA) is 113 Å². The van der Waals surface area contributed by atoms with Gasteiger partial charge in [-0.3, -0.25) is 14.5 Å². The van der Waals surface area contributed by atoms with Crippen LogP contribution in [0.1, 0.15) is 33.6 Å². The molecule has 3 aromatic carbocycles. The highest BCUT2D eigenvalue weighted by molar-refractivity contribution is 6.00. The van der Waals surface area contributed by atoms with Crippen LogP contribution < -0.4 is 4.74 Å². The maximum Gasteiger partial charge on any atom is 0.416 e. The molecule has 48 heavy (non-hydrogen) atoms. The van der Waals surface area contributed by atoms with Crippen LogP contribution in [0.3, 0.4) is 0 Å². The van der Waals surface area contributed by atoms with Crippen molar-refractivity contribution in [3.63, 3.8) is 0 Å².